The van der Waals surface area contributed by atoms with E-state index in [-0.39, 0.29) is 6.03 Å². The predicted molar refractivity (Wildman–Crippen MR) is 95.9 cm³/mol. The summed E-state index contributed by atoms with van der Waals surface area (Å²) < 4.78 is 1.11. The van der Waals surface area contributed by atoms with Gasteiger partial charge in [0.1, 0.15) is 5.01 Å². The summed E-state index contributed by atoms with van der Waals surface area (Å²) in [5, 5.41) is 16.5. The number of aliphatic hydroxyl groups excluding tert-OH is 1. The monoisotopic (exact) mass is 341 g/mol. The Morgan fingerprint density at radius 2 is 1.83 bits per heavy atom. The van der Waals surface area contributed by atoms with Crippen LogP contribution in [0.15, 0.2) is 54.6 Å². The van der Waals surface area contributed by atoms with Crippen LogP contribution in [0.4, 0.5) is 4.79 Å². The molecule has 2 aromatic carbocycles. The quantitative estimate of drug-likeness (QED) is 0.644. The Labute approximate surface area is 144 Å². The third kappa shape index (κ3) is 4.31. The lowest BCUT2D eigenvalue weighted by Gasteiger charge is -2.11. The molecule has 3 aromatic rings. The van der Waals surface area contributed by atoms with Crippen molar-refractivity contribution in [2.45, 2.75) is 19.1 Å². The molecule has 124 valence electrons. The second-order valence-corrected chi connectivity index (χ2v) is 6.52. The zero-order valence-electron chi connectivity index (χ0n) is 13.1. The Hall–Kier alpha value is -2.44. The predicted octanol–water partition coefficient (Wildman–Crippen LogP) is 3.22. The van der Waals surface area contributed by atoms with Crippen LogP contribution in [0.2, 0.25) is 0 Å². The Kier molecular flexibility index (Phi) is 5.40. The van der Waals surface area contributed by atoms with Crippen molar-refractivity contribution in [1.29, 1.82) is 0 Å². The minimum atomic E-state index is -0.573. The second-order valence-electron chi connectivity index (χ2n) is 5.40. The van der Waals surface area contributed by atoms with Crippen molar-refractivity contribution in [3.63, 3.8) is 0 Å². The summed E-state index contributed by atoms with van der Waals surface area (Å²) in [6, 6.07) is 17.1. The first-order chi connectivity index (χ1) is 11.7. The molecule has 6 heteroatoms. The van der Waals surface area contributed by atoms with E-state index in [1.807, 2.05) is 54.6 Å². The minimum absolute atomic E-state index is 0.255. The molecule has 1 heterocycles. The molecule has 1 atom stereocenters. The Balaban J connectivity index is 1.41. The molecule has 5 nitrogen and oxygen atoms in total. The molecule has 3 rings (SSSR count). The fourth-order valence-electron chi connectivity index (χ4n) is 2.38. The van der Waals surface area contributed by atoms with Gasteiger partial charge in [-0.1, -0.05) is 42.5 Å². The first-order valence-corrected chi connectivity index (χ1v) is 8.63. The van der Waals surface area contributed by atoms with Crippen LogP contribution in [-0.2, 0) is 6.54 Å². The van der Waals surface area contributed by atoms with E-state index in [4.69, 9.17) is 0 Å². The van der Waals surface area contributed by atoms with Gasteiger partial charge in [0, 0.05) is 6.54 Å². The van der Waals surface area contributed by atoms with Gasteiger partial charge in [-0.3, -0.25) is 0 Å². The van der Waals surface area contributed by atoms with E-state index in [9.17, 15) is 9.90 Å². The molecule has 24 heavy (non-hydrogen) atoms. The number of aliphatic hydroxyl groups is 1. The SMILES string of the molecule is O=C(NCCC(O)c1ccccc1)NCc1nc2ccccc2s1. The Morgan fingerprint density at radius 3 is 2.62 bits per heavy atom. The van der Waals surface area contributed by atoms with Gasteiger partial charge in [0.25, 0.3) is 0 Å². The molecule has 1 unspecified atom stereocenters. The number of carbonyl (C=O) groups is 1. The summed E-state index contributed by atoms with van der Waals surface area (Å²) in [6.45, 7) is 0.800. The fraction of sp³-hybridized carbons (Fsp3) is 0.222. The second kappa shape index (κ2) is 7.90. The lowest BCUT2D eigenvalue weighted by atomic mass is 10.1. The molecule has 3 N–H and O–H groups in total. The molecule has 0 fully saturated rings. The van der Waals surface area contributed by atoms with Gasteiger partial charge in [-0.2, -0.15) is 0 Å². The maximum absolute atomic E-state index is 11.8. The number of rotatable bonds is 6. The molecule has 1 aromatic heterocycles. The largest absolute Gasteiger partial charge is 0.388 e. The first-order valence-electron chi connectivity index (χ1n) is 7.81. The van der Waals surface area contributed by atoms with Gasteiger partial charge in [0.05, 0.1) is 22.9 Å². The van der Waals surface area contributed by atoms with Gasteiger partial charge >= 0.3 is 6.03 Å². The number of para-hydroxylation sites is 1. The molecule has 0 aliphatic carbocycles. The van der Waals surface area contributed by atoms with E-state index >= 15 is 0 Å². The fourth-order valence-corrected chi connectivity index (χ4v) is 3.29. The average molecular weight is 341 g/mol. The number of fused-ring (bicyclic) bond motifs is 1. The van der Waals surface area contributed by atoms with Crippen molar-refractivity contribution in [1.82, 2.24) is 15.6 Å². The van der Waals surface area contributed by atoms with Crippen LogP contribution >= 0.6 is 11.3 Å². The topological polar surface area (TPSA) is 74.2 Å². The van der Waals surface area contributed by atoms with Crippen LogP contribution in [0, 0.1) is 0 Å². The Morgan fingerprint density at radius 1 is 1.08 bits per heavy atom. The highest BCUT2D eigenvalue weighted by molar-refractivity contribution is 7.18. The molecule has 0 aliphatic heterocycles. The van der Waals surface area contributed by atoms with Gasteiger partial charge in [-0.25, -0.2) is 9.78 Å². The number of hydrogen-bond acceptors (Lipinski definition) is 4. The summed E-state index contributed by atoms with van der Waals surface area (Å²) in [7, 11) is 0. The number of nitrogens with zero attached hydrogens (tertiary/aromatic N) is 1. The van der Waals surface area contributed by atoms with E-state index in [0.29, 0.717) is 19.5 Å². The van der Waals surface area contributed by atoms with E-state index in [1.165, 1.54) is 0 Å². The van der Waals surface area contributed by atoms with Crippen LogP contribution in [0.1, 0.15) is 23.1 Å². The summed E-state index contributed by atoms with van der Waals surface area (Å²) in [6.07, 6.45) is -0.103. The van der Waals surface area contributed by atoms with Crippen LogP contribution in [-0.4, -0.2) is 22.7 Å². The van der Waals surface area contributed by atoms with Gasteiger partial charge < -0.3 is 15.7 Å². The van der Waals surface area contributed by atoms with E-state index in [1.54, 1.807) is 11.3 Å². The Bertz CT molecular complexity index is 771. The van der Waals surface area contributed by atoms with Crippen molar-refractivity contribution < 1.29 is 9.90 Å². The van der Waals surface area contributed by atoms with Crippen molar-refractivity contribution in [2.75, 3.05) is 6.54 Å². The normalized spacial score (nSPS) is 12.0. The van der Waals surface area contributed by atoms with Gasteiger partial charge in [-0.15, -0.1) is 11.3 Å². The zero-order chi connectivity index (χ0) is 16.8. The third-order valence-corrected chi connectivity index (χ3v) is 4.66. The highest BCUT2D eigenvalue weighted by Crippen LogP contribution is 2.21. The molecular formula is C18H19N3O2S. The number of hydrogen-bond donors (Lipinski definition) is 3. The lowest BCUT2D eigenvalue weighted by Crippen LogP contribution is -2.36. The van der Waals surface area contributed by atoms with Gasteiger partial charge in [0.2, 0.25) is 0 Å². The number of amides is 2. The van der Waals surface area contributed by atoms with Crippen LogP contribution < -0.4 is 10.6 Å². The maximum Gasteiger partial charge on any atom is 0.315 e. The molecule has 2 amide bonds. The molecule has 0 saturated carbocycles. The summed E-state index contributed by atoms with van der Waals surface area (Å²) in [5.74, 6) is 0. The molecular weight excluding hydrogens is 322 g/mol. The average Bonchev–Trinajstić information content (AvgIpc) is 3.03. The standard InChI is InChI=1S/C18H19N3O2S/c22-15(13-6-2-1-3-7-13)10-11-19-18(23)20-12-17-21-14-8-4-5-9-16(14)24-17/h1-9,15,22H,10-12H2,(H2,19,20,23). The highest BCUT2D eigenvalue weighted by atomic mass is 32.1. The molecule has 0 saturated heterocycles. The van der Waals surface area contributed by atoms with Crippen molar-refractivity contribution in [2.24, 2.45) is 0 Å². The molecule has 0 aliphatic rings. The van der Waals surface area contributed by atoms with Crippen LogP contribution in [0.25, 0.3) is 10.2 Å². The number of urea groups is 1. The van der Waals surface area contributed by atoms with Crippen molar-refractivity contribution in [3.8, 4) is 0 Å². The zero-order valence-corrected chi connectivity index (χ0v) is 13.9. The summed E-state index contributed by atoms with van der Waals surface area (Å²) >= 11 is 1.57. The van der Waals surface area contributed by atoms with Gasteiger partial charge in [0.15, 0.2) is 0 Å². The number of thiazole rings is 1. The number of aromatic nitrogens is 1. The third-order valence-electron chi connectivity index (χ3n) is 3.63. The van der Waals surface area contributed by atoms with Crippen molar-refractivity contribution in [3.05, 3.63) is 65.2 Å². The van der Waals surface area contributed by atoms with Crippen LogP contribution in [0.5, 0.6) is 0 Å². The first kappa shape index (κ1) is 16.4. The van der Waals surface area contributed by atoms with Gasteiger partial charge in [-0.05, 0) is 24.1 Å². The maximum atomic E-state index is 11.8. The highest BCUT2D eigenvalue weighted by Gasteiger charge is 2.08. The summed E-state index contributed by atoms with van der Waals surface area (Å²) in [5.41, 5.74) is 1.81. The lowest BCUT2D eigenvalue weighted by molar-refractivity contribution is 0.167. The number of nitrogens with one attached hydrogen (secondary N) is 2. The number of carbonyl (C=O) groups excluding carboxylic acids is 1. The molecule has 0 radical (unpaired) electrons. The summed E-state index contributed by atoms with van der Waals surface area (Å²) in [4.78, 5) is 16.3. The van der Waals surface area contributed by atoms with E-state index in [2.05, 4.69) is 15.6 Å². The van der Waals surface area contributed by atoms with Crippen molar-refractivity contribution >= 4 is 27.6 Å². The number of benzene rings is 2. The molecule has 0 bridgehead atoms. The van der Waals surface area contributed by atoms with Crippen LogP contribution in [0.3, 0.4) is 0 Å². The minimum Gasteiger partial charge on any atom is -0.388 e. The van der Waals surface area contributed by atoms with E-state index in [0.717, 1.165) is 20.8 Å². The molecule has 0 spiro atoms. The smallest absolute Gasteiger partial charge is 0.315 e. The van der Waals surface area contributed by atoms with E-state index < -0.39 is 6.10 Å².